The molecule has 0 bridgehead atoms. The fourth-order valence-corrected chi connectivity index (χ4v) is 1.02. The summed E-state index contributed by atoms with van der Waals surface area (Å²) >= 11 is 0. The molecular formula is C12H17N2O2. The van der Waals surface area contributed by atoms with Crippen molar-refractivity contribution < 1.29 is 9.47 Å². The lowest BCUT2D eigenvalue weighted by Gasteiger charge is -2.10. The SMILES string of the molecule is CCOC=Cc1n[c]c(C)c(OC(C)C)n1. The second-order valence-corrected chi connectivity index (χ2v) is 3.55. The number of aryl methyl sites for hydroxylation is 1. The van der Waals surface area contributed by atoms with Gasteiger partial charge in [0, 0.05) is 11.6 Å². The van der Waals surface area contributed by atoms with Gasteiger partial charge in [-0.25, -0.2) is 4.98 Å². The Kier molecular flexibility index (Phi) is 4.76. The third kappa shape index (κ3) is 3.88. The Bertz CT molecular complexity index is 362. The number of rotatable bonds is 5. The molecule has 1 heterocycles. The Morgan fingerprint density at radius 2 is 2.19 bits per heavy atom. The van der Waals surface area contributed by atoms with E-state index in [-0.39, 0.29) is 6.10 Å². The predicted octanol–water partition coefficient (Wildman–Crippen LogP) is 2.38. The number of ether oxygens (including phenoxy) is 2. The Labute approximate surface area is 96.3 Å². The van der Waals surface area contributed by atoms with Crippen LogP contribution >= 0.6 is 0 Å². The number of aromatic nitrogens is 2. The lowest BCUT2D eigenvalue weighted by molar-refractivity contribution is 0.230. The van der Waals surface area contributed by atoms with Crippen LogP contribution in [0.1, 0.15) is 32.2 Å². The Hall–Kier alpha value is -1.58. The zero-order chi connectivity index (χ0) is 12.0. The first-order valence-corrected chi connectivity index (χ1v) is 5.34. The molecule has 0 saturated carbocycles. The molecule has 1 radical (unpaired) electrons. The summed E-state index contributed by atoms with van der Waals surface area (Å²) in [5.74, 6) is 1.11. The molecule has 87 valence electrons. The van der Waals surface area contributed by atoms with Crippen LogP contribution < -0.4 is 4.74 Å². The third-order valence-electron chi connectivity index (χ3n) is 1.70. The van der Waals surface area contributed by atoms with Crippen LogP contribution in [-0.4, -0.2) is 22.7 Å². The van der Waals surface area contributed by atoms with Crippen LogP contribution in [0.4, 0.5) is 0 Å². The number of nitrogens with zero attached hydrogens (tertiary/aromatic N) is 2. The van der Waals surface area contributed by atoms with Gasteiger partial charge in [0.2, 0.25) is 5.88 Å². The summed E-state index contributed by atoms with van der Waals surface area (Å²) in [5, 5.41) is 0. The molecule has 0 aliphatic carbocycles. The molecule has 0 amide bonds. The summed E-state index contributed by atoms with van der Waals surface area (Å²) in [6, 6.07) is 0. The quantitative estimate of drug-likeness (QED) is 0.716. The molecule has 0 aliphatic heterocycles. The molecular weight excluding hydrogens is 204 g/mol. The highest BCUT2D eigenvalue weighted by atomic mass is 16.5. The first kappa shape index (κ1) is 12.5. The highest BCUT2D eigenvalue weighted by Crippen LogP contribution is 2.14. The van der Waals surface area contributed by atoms with E-state index in [0.717, 1.165) is 5.56 Å². The van der Waals surface area contributed by atoms with Crippen molar-refractivity contribution in [1.82, 2.24) is 9.97 Å². The molecule has 1 rings (SSSR count). The van der Waals surface area contributed by atoms with Crippen molar-refractivity contribution in [2.45, 2.75) is 33.8 Å². The molecule has 16 heavy (non-hydrogen) atoms. The summed E-state index contributed by atoms with van der Waals surface area (Å²) in [5.41, 5.74) is 0.808. The molecule has 0 saturated heterocycles. The topological polar surface area (TPSA) is 44.2 Å². The number of hydrogen-bond donors (Lipinski definition) is 0. The van der Waals surface area contributed by atoms with Crippen LogP contribution in [0, 0.1) is 13.1 Å². The summed E-state index contributed by atoms with van der Waals surface area (Å²) < 4.78 is 10.6. The van der Waals surface area contributed by atoms with Gasteiger partial charge in [-0.2, -0.15) is 4.98 Å². The Morgan fingerprint density at radius 3 is 2.81 bits per heavy atom. The van der Waals surface area contributed by atoms with Gasteiger partial charge in [-0.05, 0) is 27.7 Å². The molecule has 1 aromatic rings. The van der Waals surface area contributed by atoms with Gasteiger partial charge in [-0.3, -0.25) is 0 Å². The van der Waals surface area contributed by atoms with E-state index in [1.807, 2.05) is 27.7 Å². The van der Waals surface area contributed by atoms with Crippen molar-refractivity contribution in [2.24, 2.45) is 0 Å². The van der Waals surface area contributed by atoms with E-state index in [1.54, 1.807) is 12.3 Å². The maximum absolute atomic E-state index is 5.53. The molecule has 0 fully saturated rings. The van der Waals surface area contributed by atoms with E-state index in [2.05, 4.69) is 16.2 Å². The van der Waals surface area contributed by atoms with Gasteiger partial charge < -0.3 is 9.47 Å². The van der Waals surface area contributed by atoms with Gasteiger partial charge in [-0.15, -0.1) is 0 Å². The molecule has 1 aromatic heterocycles. The van der Waals surface area contributed by atoms with Crippen LogP contribution in [0.5, 0.6) is 5.88 Å². The fraction of sp³-hybridized carbons (Fsp3) is 0.500. The minimum atomic E-state index is 0.0886. The van der Waals surface area contributed by atoms with E-state index in [9.17, 15) is 0 Å². The molecule has 0 N–H and O–H groups in total. The molecule has 0 atom stereocenters. The van der Waals surface area contributed by atoms with Gasteiger partial charge >= 0.3 is 0 Å². The van der Waals surface area contributed by atoms with E-state index in [4.69, 9.17) is 9.47 Å². The largest absolute Gasteiger partial charge is 0.501 e. The molecule has 0 unspecified atom stereocenters. The van der Waals surface area contributed by atoms with Gasteiger partial charge in [0.1, 0.15) is 6.20 Å². The van der Waals surface area contributed by atoms with Crippen molar-refractivity contribution in [3.8, 4) is 5.88 Å². The molecule has 0 aliphatic rings. The van der Waals surface area contributed by atoms with E-state index in [1.165, 1.54) is 0 Å². The third-order valence-corrected chi connectivity index (χ3v) is 1.70. The van der Waals surface area contributed by atoms with Gasteiger partial charge in [0.15, 0.2) is 5.82 Å². The minimum absolute atomic E-state index is 0.0886. The molecule has 0 aromatic carbocycles. The molecule has 0 spiro atoms. The average molecular weight is 221 g/mol. The normalized spacial score (nSPS) is 11.1. The predicted molar refractivity (Wildman–Crippen MR) is 62.0 cm³/mol. The van der Waals surface area contributed by atoms with Crippen molar-refractivity contribution in [3.05, 3.63) is 23.8 Å². The average Bonchev–Trinajstić information content (AvgIpc) is 2.22. The van der Waals surface area contributed by atoms with Crippen LogP contribution in [-0.2, 0) is 4.74 Å². The second kappa shape index (κ2) is 6.10. The highest BCUT2D eigenvalue weighted by Gasteiger charge is 2.05. The first-order chi connectivity index (χ1) is 7.63. The van der Waals surface area contributed by atoms with Crippen LogP contribution in [0.3, 0.4) is 0 Å². The van der Waals surface area contributed by atoms with Crippen LogP contribution in [0.25, 0.3) is 6.08 Å². The molecule has 4 nitrogen and oxygen atoms in total. The van der Waals surface area contributed by atoms with E-state index >= 15 is 0 Å². The van der Waals surface area contributed by atoms with Crippen molar-refractivity contribution in [1.29, 1.82) is 0 Å². The van der Waals surface area contributed by atoms with E-state index in [0.29, 0.717) is 18.3 Å². The number of hydrogen-bond acceptors (Lipinski definition) is 4. The fourth-order valence-electron chi connectivity index (χ4n) is 1.02. The van der Waals surface area contributed by atoms with E-state index < -0.39 is 0 Å². The zero-order valence-corrected chi connectivity index (χ0v) is 10.2. The van der Waals surface area contributed by atoms with Crippen molar-refractivity contribution in [3.63, 3.8) is 0 Å². The summed E-state index contributed by atoms with van der Waals surface area (Å²) in [4.78, 5) is 8.29. The van der Waals surface area contributed by atoms with Gasteiger partial charge in [0.05, 0.1) is 19.0 Å². The lowest BCUT2D eigenvalue weighted by atomic mass is 10.3. The zero-order valence-electron chi connectivity index (χ0n) is 10.2. The maximum Gasteiger partial charge on any atom is 0.220 e. The van der Waals surface area contributed by atoms with Crippen LogP contribution in [0.2, 0.25) is 0 Å². The summed E-state index contributed by atoms with van der Waals surface area (Å²) in [7, 11) is 0. The lowest BCUT2D eigenvalue weighted by Crippen LogP contribution is -2.09. The monoisotopic (exact) mass is 221 g/mol. The van der Waals surface area contributed by atoms with Crippen LogP contribution in [0.15, 0.2) is 6.26 Å². The molecule has 4 heteroatoms. The Balaban J connectivity index is 2.80. The summed E-state index contributed by atoms with van der Waals surface area (Å²) in [6.07, 6.45) is 6.20. The second-order valence-electron chi connectivity index (χ2n) is 3.55. The van der Waals surface area contributed by atoms with Gasteiger partial charge in [0.25, 0.3) is 0 Å². The van der Waals surface area contributed by atoms with Crippen molar-refractivity contribution in [2.75, 3.05) is 6.61 Å². The van der Waals surface area contributed by atoms with Crippen molar-refractivity contribution >= 4 is 6.08 Å². The van der Waals surface area contributed by atoms with Gasteiger partial charge in [-0.1, -0.05) is 0 Å². The maximum atomic E-state index is 5.53. The summed E-state index contributed by atoms with van der Waals surface area (Å²) in [6.45, 7) is 8.32. The first-order valence-electron chi connectivity index (χ1n) is 5.34. The highest BCUT2D eigenvalue weighted by molar-refractivity contribution is 5.39. The Morgan fingerprint density at radius 1 is 1.44 bits per heavy atom. The smallest absolute Gasteiger partial charge is 0.220 e. The minimum Gasteiger partial charge on any atom is -0.501 e. The standard InChI is InChI=1S/C12H17N2O2/c1-5-15-7-6-11-13-8-10(4)12(14-11)16-9(2)3/h6-7,9H,5H2,1-4H3.